The standard InChI is InChI=1S/C10H12N2O2/c11-8-1-3-9(4-2-8)12-5-6-14-7-10(12)13/h1-4,7,13H,5-6,11H2. The van der Waals surface area contributed by atoms with Gasteiger partial charge in [0.05, 0.1) is 6.54 Å². The van der Waals surface area contributed by atoms with Crippen molar-refractivity contribution in [1.29, 1.82) is 0 Å². The molecule has 1 heterocycles. The van der Waals surface area contributed by atoms with Gasteiger partial charge in [-0.1, -0.05) is 0 Å². The van der Waals surface area contributed by atoms with E-state index >= 15 is 0 Å². The number of anilines is 2. The molecule has 3 N–H and O–H groups in total. The van der Waals surface area contributed by atoms with E-state index in [2.05, 4.69) is 0 Å². The maximum absolute atomic E-state index is 9.52. The van der Waals surface area contributed by atoms with Gasteiger partial charge in [-0.15, -0.1) is 0 Å². The Hall–Kier alpha value is -1.84. The van der Waals surface area contributed by atoms with E-state index in [-0.39, 0.29) is 5.88 Å². The zero-order valence-corrected chi connectivity index (χ0v) is 7.68. The predicted molar refractivity (Wildman–Crippen MR) is 54.9 cm³/mol. The predicted octanol–water partition coefficient (Wildman–Crippen LogP) is 1.46. The Kier molecular flexibility index (Phi) is 2.18. The Bertz CT molecular complexity index is 346. The van der Waals surface area contributed by atoms with Crippen LogP contribution in [0.3, 0.4) is 0 Å². The molecule has 1 aliphatic rings. The van der Waals surface area contributed by atoms with Gasteiger partial charge in [0.15, 0.2) is 0 Å². The van der Waals surface area contributed by atoms with Crippen LogP contribution in [0.2, 0.25) is 0 Å². The summed E-state index contributed by atoms with van der Waals surface area (Å²) in [5, 5.41) is 9.52. The molecular formula is C10H12N2O2. The summed E-state index contributed by atoms with van der Waals surface area (Å²) in [5.41, 5.74) is 7.20. The monoisotopic (exact) mass is 192 g/mol. The number of nitrogens with zero attached hydrogens (tertiary/aromatic N) is 1. The molecule has 0 bridgehead atoms. The molecule has 0 spiro atoms. The second kappa shape index (κ2) is 3.49. The van der Waals surface area contributed by atoms with E-state index < -0.39 is 0 Å². The number of rotatable bonds is 1. The largest absolute Gasteiger partial charge is 0.494 e. The van der Waals surface area contributed by atoms with Gasteiger partial charge in [0.2, 0.25) is 5.88 Å². The molecule has 0 saturated carbocycles. The number of nitrogens with two attached hydrogens (primary N) is 1. The molecular weight excluding hydrogens is 180 g/mol. The van der Waals surface area contributed by atoms with Crippen molar-refractivity contribution in [1.82, 2.24) is 0 Å². The summed E-state index contributed by atoms with van der Waals surface area (Å²) in [7, 11) is 0. The Morgan fingerprint density at radius 3 is 2.64 bits per heavy atom. The van der Waals surface area contributed by atoms with Crippen molar-refractivity contribution >= 4 is 11.4 Å². The number of aliphatic hydroxyl groups excluding tert-OH is 1. The molecule has 0 atom stereocenters. The minimum atomic E-state index is 0.126. The lowest BCUT2D eigenvalue weighted by Gasteiger charge is -2.26. The third-order valence-electron chi connectivity index (χ3n) is 2.10. The van der Waals surface area contributed by atoms with Gasteiger partial charge in [-0.2, -0.15) is 0 Å². The zero-order valence-electron chi connectivity index (χ0n) is 7.68. The van der Waals surface area contributed by atoms with E-state index in [1.54, 1.807) is 17.0 Å². The van der Waals surface area contributed by atoms with Crippen LogP contribution in [-0.2, 0) is 4.74 Å². The van der Waals surface area contributed by atoms with E-state index in [0.29, 0.717) is 18.8 Å². The Labute approximate surface area is 82.2 Å². The van der Waals surface area contributed by atoms with E-state index in [0.717, 1.165) is 5.69 Å². The number of hydrogen-bond acceptors (Lipinski definition) is 4. The van der Waals surface area contributed by atoms with Crippen LogP contribution in [0.15, 0.2) is 36.4 Å². The molecule has 0 saturated heterocycles. The first kappa shape index (κ1) is 8.74. The van der Waals surface area contributed by atoms with Crippen molar-refractivity contribution in [2.75, 3.05) is 23.8 Å². The first-order valence-electron chi connectivity index (χ1n) is 4.41. The van der Waals surface area contributed by atoms with Crippen LogP contribution in [0.5, 0.6) is 0 Å². The average Bonchev–Trinajstić information content (AvgIpc) is 2.20. The van der Waals surface area contributed by atoms with Crippen LogP contribution >= 0.6 is 0 Å². The number of ether oxygens (including phenoxy) is 1. The van der Waals surface area contributed by atoms with E-state index in [4.69, 9.17) is 10.5 Å². The average molecular weight is 192 g/mol. The van der Waals surface area contributed by atoms with Crippen molar-refractivity contribution in [3.63, 3.8) is 0 Å². The van der Waals surface area contributed by atoms with Gasteiger partial charge in [-0.3, -0.25) is 0 Å². The van der Waals surface area contributed by atoms with Gasteiger partial charge in [0, 0.05) is 11.4 Å². The zero-order chi connectivity index (χ0) is 9.97. The third kappa shape index (κ3) is 1.59. The molecule has 1 aromatic rings. The molecule has 4 heteroatoms. The van der Waals surface area contributed by atoms with Gasteiger partial charge in [-0.05, 0) is 24.3 Å². The van der Waals surface area contributed by atoms with E-state index in [1.807, 2.05) is 12.1 Å². The molecule has 1 aromatic carbocycles. The summed E-state index contributed by atoms with van der Waals surface area (Å²) >= 11 is 0. The Morgan fingerprint density at radius 2 is 2.00 bits per heavy atom. The van der Waals surface area contributed by atoms with Crippen molar-refractivity contribution < 1.29 is 9.84 Å². The smallest absolute Gasteiger partial charge is 0.227 e. The highest BCUT2D eigenvalue weighted by molar-refractivity contribution is 5.55. The lowest BCUT2D eigenvalue weighted by Crippen LogP contribution is -2.29. The molecule has 74 valence electrons. The van der Waals surface area contributed by atoms with Crippen LogP contribution in [0.1, 0.15) is 0 Å². The quantitative estimate of drug-likeness (QED) is 0.661. The van der Waals surface area contributed by atoms with Gasteiger partial charge in [0.25, 0.3) is 0 Å². The van der Waals surface area contributed by atoms with Gasteiger partial charge in [-0.25, -0.2) is 0 Å². The highest BCUT2D eigenvalue weighted by Crippen LogP contribution is 2.20. The molecule has 0 amide bonds. The fourth-order valence-corrected chi connectivity index (χ4v) is 1.37. The van der Waals surface area contributed by atoms with Gasteiger partial charge < -0.3 is 20.5 Å². The maximum atomic E-state index is 9.52. The highest BCUT2D eigenvalue weighted by Gasteiger charge is 2.14. The lowest BCUT2D eigenvalue weighted by atomic mass is 10.2. The normalized spacial score (nSPS) is 16.0. The molecule has 0 fully saturated rings. The molecule has 0 aromatic heterocycles. The Morgan fingerprint density at radius 1 is 1.29 bits per heavy atom. The fourth-order valence-electron chi connectivity index (χ4n) is 1.37. The van der Waals surface area contributed by atoms with Crippen molar-refractivity contribution in [3.8, 4) is 0 Å². The first-order chi connectivity index (χ1) is 6.77. The minimum Gasteiger partial charge on any atom is -0.494 e. The third-order valence-corrected chi connectivity index (χ3v) is 2.10. The summed E-state index contributed by atoms with van der Waals surface area (Å²) in [6.45, 7) is 1.22. The lowest BCUT2D eigenvalue weighted by molar-refractivity contribution is 0.205. The van der Waals surface area contributed by atoms with E-state index in [9.17, 15) is 5.11 Å². The highest BCUT2D eigenvalue weighted by atomic mass is 16.5. The van der Waals surface area contributed by atoms with Crippen LogP contribution in [0, 0.1) is 0 Å². The number of aliphatic hydroxyl groups is 1. The van der Waals surface area contributed by atoms with Crippen LogP contribution in [0.4, 0.5) is 11.4 Å². The maximum Gasteiger partial charge on any atom is 0.227 e. The number of benzene rings is 1. The first-order valence-corrected chi connectivity index (χ1v) is 4.41. The second-order valence-electron chi connectivity index (χ2n) is 3.09. The van der Waals surface area contributed by atoms with Gasteiger partial charge in [0.1, 0.15) is 12.9 Å². The van der Waals surface area contributed by atoms with Gasteiger partial charge >= 0.3 is 0 Å². The summed E-state index contributed by atoms with van der Waals surface area (Å²) in [6.07, 6.45) is 1.35. The Balaban J connectivity index is 2.26. The van der Waals surface area contributed by atoms with Crippen LogP contribution in [-0.4, -0.2) is 18.3 Å². The fraction of sp³-hybridized carbons (Fsp3) is 0.200. The van der Waals surface area contributed by atoms with E-state index in [1.165, 1.54) is 6.26 Å². The van der Waals surface area contributed by atoms with Crippen LogP contribution < -0.4 is 10.6 Å². The number of nitrogen functional groups attached to an aromatic ring is 1. The molecule has 0 aliphatic carbocycles. The summed E-state index contributed by atoms with van der Waals surface area (Å²) in [4.78, 5) is 1.77. The van der Waals surface area contributed by atoms with Crippen molar-refractivity contribution in [3.05, 3.63) is 36.4 Å². The molecule has 2 rings (SSSR count). The molecule has 1 aliphatic heterocycles. The molecule has 4 nitrogen and oxygen atoms in total. The molecule has 0 radical (unpaired) electrons. The van der Waals surface area contributed by atoms with Crippen LogP contribution in [0.25, 0.3) is 0 Å². The number of hydrogen-bond donors (Lipinski definition) is 2. The summed E-state index contributed by atoms with van der Waals surface area (Å²) in [5.74, 6) is 0.126. The SMILES string of the molecule is Nc1ccc(N2CCOC=C2O)cc1. The summed E-state index contributed by atoms with van der Waals surface area (Å²) in [6, 6.07) is 7.34. The molecule has 14 heavy (non-hydrogen) atoms. The van der Waals surface area contributed by atoms with Crippen molar-refractivity contribution in [2.45, 2.75) is 0 Å². The summed E-state index contributed by atoms with van der Waals surface area (Å²) < 4.78 is 4.98. The van der Waals surface area contributed by atoms with Crippen molar-refractivity contribution in [2.24, 2.45) is 0 Å². The topological polar surface area (TPSA) is 58.7 Å². The molecule has 0 unspecified atom stereocenters. The second-order valence-corrected chi connectivity index (χ2v) is 3.09. The minimum absolute atomic E-state index is 0.126.